The van der Waals surface area contributed by atoms with E-state index in [1.807, 2.05) is 30.3 Å². The number of nitrogens with zero attached hydrogens (tertiary/aromatic N) is 3. The van der Waals surface area contributed by atoms with Gasteiger partial charge in [-0.25, -0.2) is 4.98 Å². The fourth-order valence-electron chi connectivity index (χ4n) is 2.94. The molecule has 3 heterocycles. The summed E-state index contributed by atoms with van der Waals surface area (Å²) in [5.74, 6) is 1.21. The average molecular weight is 372 g/mol. The highest BCUT2D eigenvalue weighted by Gasteiger charge is 2.15. The predicted molar refractivity (Wildman–Crippen MR) is 100 cm³/mol. The van der Waals surface area contributed by atoms with Crippen LogP contribution in [0.15, 0.2) is 53.5 Å². The summed E-state index contributed by atoms with van der Waals surface area (Å²) in [5, 5.41) is 0.660. The smallest absolute Gasteiger partial charge is 0.260 e. The number of morpholine rings is 1. The first-order chi connectivity index (χ1) is 12.7. The largest absolute Gasteiger partial charge is 0.485 e. The maximum absolute atomic E-state index is 12.5. The molecule has 1 aliphatic heterocycles. The fourth-order valence-corrected chi connectivity index (χ4v) is 3.16. The predicted octanol–water partition coefficient (Wildman–Crippen LogP) is 2.76. The lowest BCUT2D eigenvalue weighted by molar-refractivity contribution is 0.122. The average Bonchev–Trinajstić information content (AvgIpc) is 2.67. The van der Waals surface area contributed by atoms with Gasteiger partial charge in [-0.2, -0.15) is 0 Å². The monoisotopic (exact) mass is 371 g/mol. The third-order valence-electron chi connectivity index (χ3n) is 4.26. The summed E-state index contributed by atoms with van der Waals surface area (Å²) in [6.07, 6.45) is 1.69. The second kappa shape index (κ2) is 7.35. The number of rotatable bonds is 4. The Balaban J connectivity index is 1.67. The van der Waals surface area contributed by atoms with E-state index in [1.165, 1.54) is 4.40 Å². The topological polar surface area (TPSA) is 56.1 Å². The summed E-state index contributed by atoms with van der Waals surface area (Å²) in [6.45, 7) is 3.04. The highest BCUT2D eigenvalue weighted by Crippen LogP contribution is 2.21. The zero-order valence-corrected chi connectivity index (χ0v) is 14.9. The number of ether oxygens (including phenoxy) is 2. The molecule has 4 rings (SSSR count). The molecule has 1 saturated heterocycles. The molecule has 1 aliphatic rings. The first-order valence-corrected chi connectivity index (χ1v) is 8.81. The van der Waals surface area contributed by atoms with Gasteiger partial charge in [-0.1, -0.05) is 23.7 Å². The van der Waals surface area contributed by atoms with Crippen molar-refractivity contribution in [3.05, 3.63) is 69.6 Å². The summed E-state index contributed by atoms with van der Waals surface area (Å²) < 4.78 is 12.8. The molecule has 0 atom stereocenters. The molecule has 1 fully saturated rings. The molecule has 0 amide bonds. The number of anilines is 1. The third-order valence-corrected chi connectivity index (χ3v) is 4.50. The Bertz CT molecular complexity index is 983. The Morgan fingerprint density at radius 2 is 2.00 bits per heavy atom. The summed E-state index contributed by atoms with van der Waals surface area (Å²) >= 11 is 6.02. The zero-order valence-electron chi connectivity index (χ0n) is 14.1. The molecule has 2 aromatic heterocycles. The summed E-state index contributed by atoms with van der Waals surface area (Å²) in [5.41, 5.74) is 1.32. The SMILES string of the molecule is O=c1cc(N2CCOCC2)nc2c(OCc3cccc(Cl)c3)cccn12. The molecule has 6 nitrogen and oxygen atoms in total. The van der Waals surface area contributed by atoms with Crippen molar-refractivity contribution in [2.24, 2.45) is 0 Å². The normalized spacial score (nSPS) is 14.6. The fraction of sp³-hybridized carbons (Fsp3) is 0.263. The van der Waals surface area contributed by atoms with Crippen molar-refractivity contribution >= 4 is 23.1 Å². The molecule has 7 heteroatoms. The highest BCUT2D eigenvalue weighted by molar-refractivity contribution is 6.30. The third kappa shape index (κ3) is 3.52. The highest BCUT2D eigenvalue weighted by atomic mass is 35.5. The lowest BCUT2D eigenvalue weighted by atomic mass is 10.2. The molecule has 3 aromatic rings. The van der Waals surface area contributed by atoms with Crippen LogP contribution in [0.25, 0.3) is 5.65 Å². The molecule has 0 radical (unpaired) electrons. The lowest BCUT2D eigenvalue weighted by Crippen LogP contribution is -2.37. The Kier molecular flexibility index (Phi) is 4.77. The first kappa shape index (κ1) is 16.9. The number of halogens is 1. The van der Waals surface area contributed by atoms with Crippen LogP contribution in [0.2, 0.25) is 5.02 Å². The number of benzene rings is 1. The van der Waals surface area contributed by atoms with Crippen molar-refractivity contribution in [2.45, 2.75) is 6.61 Å². The van der Waals surface area contributed by atoms with Crippen molar-refractivity contribution in [1.82, 2.24) is 9.38 Å². The van der Waals surface area contributed by atoms with Crippen molar-refractivity contribution < 1.29 is 9.47 Å². The van der Waals surface area contributed by atoms with Gasteiger partial charge in [-0.05, 0) is 29.8 Å². The van der Waals surface area contributed by atoms with Gasteiger partial charge in [-0.15, -0.1) is 0 Å². The summed E-state index contributed by atoms with van der Waals surface area (Å²) in [6, 6.07) is 12.6. The molecule has 26 heavy (non-hydrogen) atoms. The molecule has 0 bridgehead atoms. The van der Waals surface area contributed by atoms with E-state index in [1.54, 1.807) is 18.3 Å². The van der Waals surface area contributed by atoms with Crippen LogP contribution in [0.1, 0.15) is 5.56 Å². The number of aromatic nitrogens is 2. The molecule has 0 unspecified atom stereocenters. The number of fused-ring (bicyclic) bond motifs is 1. The van der Waals surface area contributed by atoms with Gasteiger partial charge in [-0.3, -0.25) is 9.20 Å². The van der Waals surface area contributed by atoms with Crippen LogP contribution in [0.3, 0.4) is 0 Å². The molecule has 134 valence electrons. The van der Waals surface area contributed by atoms with Gasteiger partial charge in [0.05, 0.1) is 13.2 Å². The van der Waals surface area contributed by atoms with Crippen LogP contribution in [-0.2, 0) is 11.3 Å². The molecule has 1 aromatic carbocycles. The molecular formula is C19H18ClN3O3. The van der Waals surface area contributed by atoms with Crippen molar-refractivity contribution in [1.29, 1.82) is 0 Å². The molecule has 0 aliphatic carbocycles. The van der Waals surface area contributed by atoms with Crippen molar-refractivity contribution in [3.63, 3.8) is 0 Å². The van der Waals surface area contributed by atoms with Crippen LogP contribution >= 0.6 is 11.6 Å². The van der Waals surface area contributed by atoms with E-state index >= 15 is 0 Å². The Morgan fingerprint density at radius 1 is 1.15 bits per heavy atom. The van der Waals surface area contributed by atoms with Gasteiger partial charge >= 0.3 is 0 Å². The maximum atomic E-state index is 12.5. The summed E-state index contributed by atoms with van der Waals surface area (Å²) in [7, 11) is 0. The molecule has 0 spiro atoms. The maximum Gasteiger partial charge on any atom is 0.260 e. The van der Waals surface area contributed by atoms with Crippen LogP contribution in [-0.4, -0.2) is 35.7 Å². The van der Waals surface area contributed by atoms with Gasteiger partial charge < -0.3 is 14.4 Å². The van der Waals surface area contributed by atoms with Gasteiger partial charge in [0.1, 0.15) is 12.4 Å². The van der Waals surface area contributed by atoms with E-state index < -0.39 is 0 Å². The van der Waals surface area contributed by atoms with Crippen LogP contribution in [0.4, 0.5) is 5.82 Å². The Labute approximate surface area is 155 Å². The number of hydrogen-bond donors (Lipinski definition) is 0. The summed E-state index contributed by atoms with van der Waals surface area (Å²) in [4.78, 5) is 19.2. The van der Waals surface area contributed by atoms with E-state index in [9.17, 15) is 4.79 Å². The number of hydrogen-bond acceptors (Lipinski definition) is 5. The van der Waals surface area contributed by atoms with Crippen LogP contribution in [0.5, 0.6) is 5.75 Å². The standard InChI is InChI=1S/C19H18ClN3O3/c20-15-4-1-3-14(11-15)13-26-16-5-2-6-23-18(24)12-17(21-19(16)23)22-7-9-25-10-8-22/h1-6,11-12H,7-10,13H2. The van der Waals surface area contributed by atoms with Crippen LogP contribution in [0, 0.1) is 0 Å². The van der Waals surface area contributed by atoms with Gasteiger partial charge in [0, 0.05) is 30.4 Å². The van der Waals surface area contributed by atoms with E-state index in [0.717, 1.165) is 5.56 Å². The Morgan fingerprint density at radius 3 is 2.81 bits per heavy atom. The van der Waals surface area contributed by atoms with Gasteiger partial charge in [0.25, 0.3) is 5.56 Å². The van der Waals surface area contributed by atoms with Gasteiger partial charge in [0.2, 0.25) is 0 Å². The van der Waals surface area contributed by atoms with E-state index in [0.29, 0.717) is 55.1 Å². The molecule has 0 saturated carbocycles. The lowest BCUT2D eigenvalue weighted by Gasteiger charge is -2.27. The Hall–Kier alpha value is -2.57. The molecular weight excluding hydrogens is 354 g/mol. The van der Waals surface area contributed by atoms with Crippen molar-refractivity contribution in [2.75, 3.05) is 31.2 Å². The minimum atomic E-state index is -0.135. The molecule has 0 N–H and O–H groups in total. The minimum absolute atomic E-state index is 0.135. The van der Waals surface area contributed by atoms with Gasteiger partial charge in [0.15, 0.2) is 11.4 Å². The van der Waals surface area contributed by atoms with E-state index in [2.05, 4.69) is 9.88 Å². The van der Waals surface area contributed by atoms with E-state index in [4.69, 9.17) is 21.1 Å². The number of pyridine rings is 1. The van der Waals surface area contributed by atoms with E-state index in [-0.39, 0.29) is 5.56 Å². The first-order valence-electron chi connectivity index (χ1n) is 8.43. The zero-order chi connectivity index (χ0) is 17.9. The van der Waals surface area contributed by atoms with Crippen LogP contribution < -0.4 is 15.2 Å². The minimum Gasteiger partial charge on any atom is -0.485 e. The second-order valence-corrected chi connectivity index (χ2v) is 6.47. The van der Waals surface area contributed by atoms with Crippen molar-refractivity contribution in [3.8, 4) is 5.75 Å². The quantitative estimate of drug-likeness (QED) is 0.706. The second-order valence-electron chi connectivity index (χ2n) is 6.04.